The Labute approximate surface area is 77.6 Å². The van der Waals surface area contributed by atoms with Crippen LogP contribution in [0.1, 0.15) is 26.7 Å². The van der Waals surface area contributed by atoms with Crippen LogP contribution < -0.4 is 5.32 Å². The van der Waals surface area contributed by atoms with E-state index in [9.17, 15) is 9.59 Å². The molecule has 0 spiro atoms. The summed E-state index contributed by atoms with van der Waals surface area (Å²) in [4.78, 5) is 23.0. The van der Waals surface area contributed by atoms with E-state index in [0.29, 0.717) is 26.0 Å². The lowest BCUT2D eigenvalue weighted by Gasteiger charge is -2.21. The molecule has 0 aromatic carbocycles. The lowest BCUT2D eigenvalue weighted by atomic mass is 9.84. The third-order valence-electron chi connectivity index (χ3n) is 2.54. The maximum Gasteiger partial charge on any atom is 0.321 e. The second kappa shape index (κ2) is 3.77. The molecule has 4 heteroatoms. The van der Waals surface area contributed by atoms with Crippen molar-refractivity contribution >= 4 is 11.9 Å². The third kappa shape index (κ3) is 1.53. The predicted molar refractivity (Wildman–Crippen MR) is 47.0 cm³/mol. The number of ether oxygens (including phenoxy) is 1. The zero-order chi connectivity index (χ0) is 9.90. The Morgan fingerprint density at radius 1 is 1.62 bits per heavy atom. The molecule has 1 aliphatic rings. The van der Waals surface area contributed by atoms with Crippen molar-refractivity contribution in [2.75, 3.05) is 13.2 Å². The first-order valence-corrected chi connectivity index (χ1v) is 4.63. The second-order valence-electron chi connectivity index (χ2n) is 3.16. The summed E-state index contributed by atoms with van der Waals surface area (Å²) in [7, 11) is 0. The van der Waals surface area contributed by atoms with Crippen LogP contribution in [0.2, 0.25) is 0 Å². The number of amides is 1. The van der Waals surface area contributed by atoms with E-state index in [0.717, 1.165) is 0 Å². The topological polar surface area (TPSA) is 55.4 Å². The smallest absolute Gasteiger partial charge is 0.321 e. The lowest BCUT2D eigenvalue weighted by Crippen LogP contribution is -2.39. The first-order chi connectivity index (χ1) is 6.17. The molecule has 4 nitrogen and oxygen atoms in total. The van der Waals surface area contributed by atoms with Gasteiger partial charge in [0.15, 0.2) is 0 Å². The Balaban J connectivity index is 2.80. The summed E-state index contributed by atoms with van der Waals surface area (Å²) in [6.07, 6.45) is 1.07. The van der Waals surface area contributed by atoms with Crippen LogP contribution in [0.4, 0.5) is 0 Å². The van der Waals surface area contributed by atoms with E-state index < -0.39 is 5.41 Å². The molecule has 0 saturated carbocycles. The molecule has 1 saturated heterocycles. The summed E-state index contributed by atoms with van der Waals surface area (Å²) in [5, 5.41) is 2.66. The van der Waals surface area contributed by atoms with Gasteiger partial charge < -0.3 is 10.1 Å². The Morgan fingerprint density at radius 2 is 2.31 bits per heavy atom. The van der Waals surface area contributed by atoms with Crippen molar-refractivity contribution in [2.45, 2.75) is 26.7 Å². The Kier molecular flexibility index (Phi) is 2.90. The number of carbonyl (C=O) groups excluding carboxylic acids is 2. The van der Waals surface area contributed by atoms with Crippen molar-refractivity contribution in [1.29, 1.82) is 0 Å². The minimum Gasteiger partial charge on any atom is -0.465 e. The molecule has 0 radical (unpaired) electrons. The van der Waals surface area contributed by atoms with Gasteiger partial charge >= 0.3 is 5.97 Å². The molecule has 0 aromatic heterocycles. The number of esters is 1. The molecule has 1 heterocycles. The van der Waals surface area contributed by atoms with Crippen LogP contribution in [0.3, 0.4) is 0 Å². The minimum atomic E-state index is -0.907. The average Bonchev–Trinajstić information content (AvgIpc) is 2.48. The van der Waals surface area contributed by atoms with Gasteiger partial charge in [0.1, 0.15) is 5.41 Å². The molecule has 1 amide bonds. The Hall–Kier alpha value is -1.06. The molecule has 1 atom stereocenters. The van der Waals surface area contributed by atoms with E-state index in [4.69, 9.17) is 4.74 Å². The molecule has 13 heavy (non-hydrogen) atoms. The molecular weight excluding hydrogens is 170 g/mol. The highest BCUT2D eigenvalue weighted by molar-refractivity contribution is 6.04. The molecule has 1 unspecified atom stereocenters. The quantitative estimate of drug-likeness (QED) is 0.513. The standard InChI is InChI=1S/C9H15NO3/c1-3-9(8(12)13-4-2)5-6-10-7(9)11/h3-6H2,1-2H3,(H,10,11). The summed E-state index contributed by atoms with van der Waals surface area (Å²) in [6, 6.07) is 0. The van der Waals surface area contributed by atoms with Gasteiger partial charge in [-0.3, -0.25) is 9.59 Å². The van der Waals surface area contributed by atoms with Crippen molar-refractivity contribution in [3.05, 3.63) is 0 Å². The zero-order valence-corrected chi connectivity index (χ0v) is 8.05. The van der Waals surface area contributed by atoms with Crippen LogP contribution in [-0.2, 0) is 14.3 Å². The fourth-order valence-electron chi connectivity index (χ4n) is 1.62. The van der Waals surface area contributed by atoms with Crippen LogP contribution in [0.25, 0.3) is 0 Å². The first kappa shape index (κ1) is 10.0. The summed E-state index contributed by atoms with van der Waals surface area (Å²) < 4.78 is 4.89. The molecule has 0 aromatic rings. The zero-order valence-electron chi connectivity index (χ0n) is 8.05. The third-order valence-corrected chi connectivity index (χ3v) is 2.54. The van der Waals surface area contributed by atoms with E-state index in [1.54, 1.807) is 6.92 Å². The fraction of sp³-hybridized carbons (Fsp3) is 0.778. The summed E-state index contributed by atoms with van der Waals surface area (Å²) in [6.45, 7) is 4.48. The van der Waals surface area contributed by atoms with Crippen molar-refractivity contribution in [1.82, 2.24) is 5.32 Å². The van der Waals surface area contributed by atoms with Gasteiger partial charge in [-0.25, -0.2) is 0 Å². The fourth-order valence-corrected chi connectivity index (χ4v) is 1.62. The maximum atomic E-state index is 11.5. The van der Waals surface area contributed by atoms with Crippen LogP contribution in [0.15, 0.2) is 0 Å². The van der Waals surface area contributed by atoms with Crippen molar-refractivity contribution < 1.29 is 14.3 Å². The van der Waals surface area contributed by atoms with Crippen molar-refractivity contribution in [3.8, 4) is 0 Å². The SMILES string of the molecule is CCOC(=O)C1(CC)CCNC1=O. The molecule has 0 bridgehead atoms. The molecular formula is C9H15NO3. The molecule has 1 fully saturated rings. The number of hydrogen-bond acceptors (Lipinski definition) is 3. The van der Waals surface area contributed by atoms with Gasteiger partial charge in [0.05, 0.1) is 6.61 Å². The summed E-state index contributed by atoms with van der Waals surface area (Å²) >= 11 is 0. The monoisotopic (exact) mass is 185 g/mol. The number of carbonyl (C=O) groups is 2. The predicted octanol–water partition coefficient (Wildman–Crippen LogP) is 0.466. The van der Waals surface area contributed by atoms with Gasteiger partial charge in [-0.15, -0.1) is 0 Å². The maximum absolute atomic E-state index is 11.5. The van der Waals surface area contributed by atoms with E-state index in [2.05, 4.69) is 5.32 Å². The van der Waals surface area contributed by atoms with E-state index in [-0.39, 0.29) is 11.9 Å². The highest BCUT2D eigenvalue weighted by Crippen LogP contribution is 2.31. The number of rotatable bonds is 3. The lowest BCUT2D eigenvalue weighted by molar-refractivity contribution is -0.159. The number of nitrogens with one attached hydrogen (secondary N) is 1. The average molecular weight is 185 g/mol. The van der Waals surface area contributed by atoms with Gasteiger partial charge in [-0.2, -0.15) is 0 Å². The Bertz CT molecular complexity index is 227. The molecule has 1 N–H and O–H groups in total. The van der Waals surface area contributed by atoms with Crippen LogP contribution in [0.5, 0.6) is 0 Å². The highest BCUT2D eigenvalue weighted by Gasteiger charge is 2.48. The largest absolute Gasteiger partial charge is 0.465 e. The van der Waals surface area contributed by atoms with E-state index in [1.807, 2.05) is 6.92 Å². The van der Waals surface area contributed by atoms with Gasteiger partial charge in [0.2, 0.25) is 5.91 Å². The normalized spacial score (nSPS) is 27.1. The molecule has 74 valence electrons. The molecule has 1 aliphatic heterocycles. The highest BCUT2D eigenvalue weighted by atomic mass is 16.5. The van der Waals surface area contributed by atoms with Crippen molar-refractivity contribution in [2.24, 2.45) is 5.41 Å². The molecule has 0 aliphatic carbocycles. The van der Waals surface area contributed by atoms with Gasteiger partial charge in [0, 0.05) is 6.54 Å². The minimum absolute atomic E-state index is 0.187. The van der Waals surface area contributed by atoms with E-state index in [1.165, 1.54) is 0 Å². The van der Waals surface area contributed by atoms with Crippen molar-refractivity contribution in [3.63, 3.8) is 0 Å². The first-order valence-electron chi connectivity index (χ1n) is 4.63. The van der Waals surface area contributed by atoms with Gasteiger partial charge in [-0.1, -0.05) is 6.92 Å². The molecule has 1 rings (SSSR count). The van der Waals surface area contributed by atoms with Crippen LogP contribution >= 0.6 is 0 Å². The van der Waals surface area contributed by atoms with E-state index >= 15 is 0 Å². The summed E-state index contributed by atoms with van der Waals surface area (Å²) in [5.41, 5.74) is -0.907. The number of hydrogen-bond donors (Lipinski definition) is 1. The summed E-state index contributed by atoms with van der Waals surface area (Å²) in [5.74, 6) is -0.569. The Morgan fingerprint density at radius 3 is 2.69 bits per heavy atom. The second-order valence-corrected chi connectivity index (χ2v) is 3.16. The van der Waals surface area contributed by atoms with Gasteiger partial charge in [-0.05, 0) is 19.8 Å². The van der Waals surface area contributed by atoms with Gasteiger partial charge in [0.25, 0.3) is 0 Å². The van der Waals surface area contributed by atoms with Crippen LogP contribution in [0, 0.1) is 5.41 Å². The van der Waals surface area contributed by atoms with Crippen LogP contribution in [-0.4, -0.2) is 25.0 Å².